The van der Waals surface area contributed by atoms with Crippen LogP contribution in [0.25, 0.3) is 0 Å². The highest BCUT2D eigenvalue weighted by Crippen LogP contribution is 2.50. The van der Waals surface area contributed by atoms with Crippen molar-refractivity contribution in [2.75, 3.05) is 53.9 Å². The third kappa shape index (κ3) is 19.0. The molecule has 11 heteroatoms. The summed E-state index contributed by atoms with van der Waals surface area (Å²) < 4.78 is 58.0. The molecule has 39 heavy (non-hydrogen) atoms. The van der Waals surface area contributed by atoms with Gasteiger partial charge in [-0.05, 0) is 88.0 Å². The molecule has 0 aromatic heterocycles. The van der Waals surface area contributed by atoms with Crippen molar-refractivity contribution < 1.29 is 46.6 Å². The number of esters is 1. The van der Waals surface area contributed by atoms with Crippen LogP contribution in [0.5, 0.6) is 0 Å². The van der Waals surface area contributed by atoms with Crippen LogP contribution in [0.4, 0.5) is 0 Å². The second kappa shape index (κ2) is 17.2. The van der Waals surface area contributed by atoms with Crippen LogP contribution >= 0.6 is 7.82 Å². The van der Waals surface area contributed by atoms with E-state index in [0.29, 0.717) is 26.1 Å². The minimum Gasteiger partial charge on any atom is -0.460 e. The first kappa shape index (κ1) is 38.2. The number of phosphoric acid groups is 1. The average molecular weight is 583 g/mol. The molecule has 0 aliphatic rings. The number of phosphoric ester groups is 1. The molecular weight excluding hydrogens is 527 g/mol. The van der Waals surface area contributed by atoms with E-state index in [0.717, 1.165) is 12.8 Å². The lowest BCUT2D eigenvalue weighted by Crippen LogP contribution is -2.31. The molecule has 0 aliphatic carbocycles. The molecule has 0 aromatic carbocycles. The molecule has 232 valence electrons. The third-order valence-electron chi connectivity index (χ3n) is 6.32. The normalized spacial score (nSPS) is 13.5. The predicted molar refractivity (Wildman–Crippen MR) is 152 cm³/mol. The molecule has 0 unspecified atom stereocenters. The van der Waals surface area contributed by atoms with Gasteiger partial charge in [-0.25, -0.2) is 9.36 Å². The van der Waals surface area contributed by atoms with Gasteiger partial charge in [-0.3, -0.25) is 13.6 Å². The van der Waals surface area contributed by atoms with E-state index >= 15 is 0 Å². The number of hydrogen-bond acceptors (Lipinski definition) is 10. The van der Waals surface area contributed by atoms with E-state index in [4.69, 9.17) is 37.3 Å². The highest BCUT2D eigenvalue weighted by atomic mass is 31.2. The van der Waals surface area contributed by atoms with Crippen LogP contribution in [0, 0.1) is 0 Å². The quantitative estimate of drug-likeness (QED) is 0.0592. The standard InChI is InChI=1S/C28H55O10P/c1-23(2)24(29)33-21-22-38-39(30,36-19-15-27(7,8)34-17-13-25(3,4)31-11)37-20-16-28(9,10)35-18-14-26(5,6)32-12/h1,13-22H2,2-12H3. The lowest BCUT2D eigenvalue weighted by molar-refractivity contribution is -0.139. The van der Waals surface area contributed by atoms with Gasteiger partial charge in [0.25, 0.3) is 0 Å². The van der Waals surface area contributed by atoms with Crippen molar-refractivity contribution >= 4 is 13.8 Å². The van der Waals surface area contributed by atoms with Gasteiger partial charge in [0.05, 0.1) is 55.4 Å². The Morgan fingerprint density at radius 1 is 0.615 bits per heavy atom. The van der Waals surface area contributed by atoms with E-state index in [2.05, 4.69) is 6.58 Å². The van der Waals surface area contributed by atoms with Crippen LogP contribution in [-0.4, -0.2) is 82.2 Å². The van der Waals surface area contributed by atoms with Gasteiger partial charge in [-0.1, -0.05) is 6.58 Å². The smallest absolute Gasteiger partial charge is 0.460 e. The summed E-state index contributed by atoms with van der Waals surface area (Å²) in [5.41, 5.74) is -1.36. The summed E-state index contributed by atoms with van der Waals surface area (Å²) in [5, 5.41) is 0. The van der Waals surface area contributed by atoms with Crippen LogP contribution in [-0.2, 0) is 46.6 Å². The number of carbonyl (C=O) groups excluding carboxylic acids is 1. The lowest BCUT2D eigenvalue weighted by atomic mass is 10.0. The van der Waals surface area contributed by atoms with Crippen molar-refractivity contribution in [2.45, 2.75) is 110 Å². The van der Waals surface area contributed by atoms with Crippen molar-refractivity contribution in [2.24, 2.45) is 0 Å². The maximum absolute atomic E-state index is 13.4. The first-order valence-corrected chi connectivity index (χ1v) is 15.0. The molecule has 0 bridgehead atoms. The van der Waals surface area contributed by atoms with Crippen molar-refractivity contribution in [3.05, 3.63) is 12.2 Å². The molecule has 10 nitrogen and oxygen atoms in total. The van der Waals surface area contributed by atoms with E-state index in [1.54, 1.807) is 21.1 Å². The van der Waals surface area contributed by atoms with Gasteiger partial charge in [-0.2, -0.15) is 0 Å². The first-order valence-electron chi connectivity index (χ1n) is 13.5. The van der Waals surface area contributed by atoms with Gasteiger partial charge in [0.1, 0.15) is 6.61 Å². The molecule has 0 saturated carbocycles. The summed E-state index contributed by atoms with van der Waals surface area (Å²) in [5.74, 6) is -0.554. The fourth-order valence-electron chi connectivity index (χ4n) is 2.82. The number of methoxy groups -OCH3 is 2. The van der Waals surface area contributed by atoms with E-state index in [1.165, 1.54) is 0 Å². The Labute approximate surface area is 237 Å². The van der Waals surface area contributed by atoms with Crippen LogP contribution in [0.3, 0.4) is 0 Å². The number of carbonyl (C=O) groups is 1. The van der Waals surface area contributed by atoms with E-state index in [1.807, 2.05) is 55.4 Å². The van der Waals surface area contributed by atoms with Crippen LogP contribution < -0.4 is 0 Å². The van der Waals surface area contributed by atoms with Gasteiger partial charge >= 0.3 is 13.8 Å². The van der Waals surface area contributed by atoms with Crippen molar-refractivity contribution in [1.29, 1.82) is 0 Å². The van der Waals surface area contributed by atoms with E-state index in [9.17, 15) is 9.36 Å². The average Bonchev–Trinajstić information content (AvgIpc) is 2.80. The lowest BCUT2D eigenvalue weighted by Gasteiger charge is -2.30. The van der Waals surface area contributed by atoms with E-state index in [-0.39, 0.29) is 43.2 Å². The second-order valence-electron chi connectivity index (χ2n) is 12.0. The molecule has 0 atom stereocenters. The molecule has 0 rings (SSSR count). The fourth-order valence-corrected chi connectivity index (χ4v) is 3.97. The highest BCUT2D eigenvalue weighted by Gasteiger charge is 2.31. The summed E-state index contributed by atoms with van der Waals surface area (Å²) in [4.78, 5) is 11.6. The zero-order chi connectivity index (χ0) is 30.4. The topological polar surface area (TPSA) is 108 Å². The SMILES string of the molecule is C=C(C)C(=O)OCCOP(=O)(OCCC(C)(C)OCCC(C)(C)OC)OCCC(C)(C)OCCC(C)(C)OC. The molecule has 0 heterocycles. The molecular formula is C28H55O10P. The zero-order valence-corrected chi connectivity index (χ0v) is 27.2. The molecule has 0 saturated heterocycles. The van der Waals surface area contributed by atoms with Crippen molar-refractivity contribution in [3.63, 3.8) is 0 Å². The summed E-state index contributed by atoms with van der Waals surface area (Å²) in [6, 6.07) is 0. The van der Waals surface area contributed by atoms with Gasteiger partial charge < -0.3 is 23.7 Å². The highest BCUT2D eigenvalue weighted by molar-refractivity contribution is 7.48. The monoisotopic (exact) mass is 582 g/mol. The van der Waals surface area contributed by atoms with Crippen molar-refractivity contribution in [3.8, 4) is 0 Å². The molecule has 0 N–H and O–H groups in total. The second-order valence-corrected chi connectivity index (χ2v) is 13.7. The Bertz CT molecular complexity index is 732. The Kier molecular flexibility index (Phi) is 16.8. The summed E-state index contributed by atoms with van der Waals surface area (Å²) >= 11 is 0. The van der Waals surface area contributed by atoms with Gasteiger partial charge in [-0.15, -0.1) is 0 Å². The van der Waals surface area contributed by atoms with Crippen molar-refractivity contribution in [1.82, 2.24) is 0 Å². The fraction of sp³-hybridized carbons (Fsp3) is 0.893. The molecule has 0 aliphatic heterocycles. The number of ether oxygens (including phenoxy) is 5. The number of rotatable bonds is 23. The van der Waals surface area contributed by atoms with Gasteiger partial charge in [0.2, 0.25) is 0 Å². The maximum atomic E-state index is 13.4. The summed E-state index contributed by atoms with van der Waals surface area (Å²) in [6.07, 6.45) is 2.35. The van der Waals surface area contributed by atoms with Crippen LogP contribution in [0.2, 0.25) is 0 Å². The molecule has 0 amide bonds. The largest absolute Gasteiger partial charge is 0.474 e. The third-order valence-corrected chi connectivity index (χ3v) is 7.82. The predicted octanol–water partition coefficient (Wildman–Crippen LogP) is 6.26. The Hall–Kier alpha value is -0.840. The summed E-state index contributed by atoms with van der Waals surface area (Å²) in [6.45, 7) is 21.7. The molecule has 0 spiro atoms. The van der Waals surface area contributed by atoms with Crippen LogP contribution in [0.1, 0.15) is 88.0 Å². The number of hydrogen-bond donors (Lipinski definition) is 0. The minimum absolute atomic E-state index is 0.0789. The summed E-state index contributed by atoms with van der Waals surface area (Å²) in [7, 11) is -0.611. The Balaban J connectivity index is 4.95. The first-order chi connectivity index (χ1) is 17.8. The van der Waals surface area contributed by atoms with Gasteiger partial charge in [0, 0.05) is 19.8 Å². The Morgan fingerprint density at radius 3 is 1.33 bits per heavy atom. The molecule has 0 radical (unpaired) electrons. The maximum Gasteiger partial charge on any atom is 0.474 e. The minimum atomic E-state index is -3.95. The molecule has 0 fully saturated rings. The van der Waals surface area contributed by atoms with Gasteiger partial charge in [0.15, 0.2) is 0 Å². The zero-order valence-electron chi connectivity index (χ0n) is 26.3. The van der Waals surface area contributed by atoms with E-state index < -0.39 is 25.0 Å². The Morgan fingerprint density at radius 2 is 0.974 bits per heavy atom. The molecule has 0 aromatic rings. The van der Waals surface area contributed by atoms with Crippen LogP contribution in [0.15, 0.2) is 12.2 Å².